The standard InChI is InChI=1S/C36H21N5/c1-2-7-22(8-3-1)40-29-10-5-4-9-23(29)25-13-12-21-19-27-24(32(21)35(25)40)14-15-26-33(27)36-39-28-16-18-37-20-31(28)41(36)30-11-6-17-38-34(26)30/h1-18,20H,19H2. The van der Waals surface area contributed by atoms with Crippen LogP contribution in [0.4, 0.5) is 0 Å². The number of hydrogen-bond acceptors (Lipinski definition) is 3. The minimum absolute atomic E-state index is 0.851. The van der Waals surface area contributed by atoms with Crippen LogP contribution in [0.2, 0.25) is 0 Å². The molecule has 5 aromatic heterocycles. The van der Waals surface area contributed by atoms with Gasteiger partial charge in [-0.15, -0.1) is 0 Å². The van der Waals surface area contributed by atoms with Crippen molar-refractivity contribution in [2.24, 2.45) is 0 Å². The SMILES string of the molecule is c1ccc(-n2c3ccccc3c3ccc4c(c32)-c2ccc3c5ncccc5n5c6cnccc6nc5c3c2C4)cc1. The molecule has 5 heteroatoms. The van der Waals surface area contributed by atoms with Gasteiger partial charge in [-0.05, 0) is 59.5 Å². The summed E-state index contributed by atoms with van der Waals surface area (Å²) >= 11 is 0. The molecule has 0 amide bonds. The van der Waals surface area contributed by atoms with E-state index >= 15 is 0 Å². The summed E-state index contributed by atoms with van der Waals surface area (Å²) in [5.74, 6) is 0. The third-order valence-corrected chi connectivity index (χ3v) is 8.85. The maximum absolute atomic E-state index is 5.19. The van der Waals surface area contributed by atoms with Crippen LogP contribution in [0.15, 0.2) is 116 Å². The molecule has 5 heterocycles. The van der Waals surface area contributed by atoms with E-state index in [1.165, 1.54) is 55.1 Å². The maximum atomic E-state index is 5.19. The van der Waals surface area contributed by atoms with Gasteiger partial charge < -0.3 is 4.57 Å². The lowest BCUT2D eigenvalue weighted by atomic mass is 9.98. The van der Waals surface area contributed by atoms with Crippen molar-refractivity contribution in [3.63, 3.8) is 0 Å². The summed E-state index contributed by atoms with van der Waals surface area (Å²) in [6, 6.07) is 34.8. The highest BCUT2D eigenvalue weighted by Gasteiger charge is 2.28. The maximum Gasteiger partial charge on any atom is 0.146 e. The summed E-state index contributed by atoms with van der Waals surface area (Å²) in [4.78, 5) is 14.5. The van der Waals surface area contributed by atoms with Crippen molar-refractivity contribution in [2.75, 3.05) is 0 Å². The number of para-hydroxylation sites is 2. The number of nitrogens with zero attached hydrogens (tertiary/aromatic N) is 5. The lowest BCUT2D eigenvalue weighted by Crippen LogP contribution is -1.96. The molecule has 0 saturated carbocycles. The molecule has 0 fully saturated rings. The monoisotopic (exact) mass is 523 g/mol. The smallest absolute Gasteiger partial charge is 0.146 e. The Kier molecular flexibility index (Phi) is 3.92. The van der Waals surface area contributed by atoms with E-state index in [0.717, 1.165) is 39.5 Å². The fourth-order valence-electron chi connectivity index (χ4n) is 7.22. The number of hydrogen-bond donors (Lipinski definition) is 0. The van der Waals surface area contributed by atoms with Gasteiger partial charge in [0.25, 0.3) is 0 Å². The second-order valence-corrected chi connectivity index (χ2v) is 10.9. The highest BCUT2D eigenvalue weighted by molar-refractivity contribution is 6.19. The summed E-state index contributed by atoms with van der Waals surface area (Å²) < 4.78 is 4.68. The lowest BCUT2D eigenvalue weighted by molar-refractivity contribution is 1.18. The van der Waals surface area contributed by atoms with Crippen LogP contribution in [-0.2, 0) is 6.42 Å². The summed E-state index contributed by atoms with van der Waals surface area (Å²) in [5.41, 5.74) is 13.9. The minimum Gasteiger partial charge on any atom is -0.309 e. The molecule has 1 aliphatic carbocycles. The van der Waals surface area contributed by atoms with E-state index < -0.39 is 0 Å². The minimum atomic E-state index is 0.851. The number of aromatic nitrogens is 5. The quantitative estimate of drug-likeness (QED) is 0.204. The third-order valence-electron chi connectivity index (χ3n) is 8.85. The molecule has 0 atom stereocenters. The molecule has 0 N–H and O–H groups in total. The third kappa shape index (κ3) is 2.63. The Labute approximate surface area is 234 Å². The number of fused-ring (bicyclic) bond motifs is 16. The first-order chi connectivity index (χ1) is 20.4. The molecule has 41 heavy (non-hydrogen) atoms. The Morgan fingerprint density at radius 2 is 1.51 bits per heavy atom. The zero-order valence-electron chi connectivity index (χ0n) is 21.9. The highest BCUT2D eigenvalue weighted by atomic mass is 15.0. The molecule has 4 aromatic carbocycles. The van der Waals surface area contributed by atoms with Crippen molar-refractivity contribution in [3.8, 4) is 16.8 Å². The van der Waals surface area contributed by atoms with Gasteiger partial charge in [-0.3, -0.25) is 14.4 Å². The largest absolute Gasteiger partial charge is 0.309 e. The first-order valence-corrected chi connectivity index (χ1v) is 13.9. The molecule has 0 bridgehead atoms. The van der Waals surface area contributed by atoms with E-state index in [-0.39, 0.29) is 0 Å². The summed E-state index contributed by atoms with van der Waals surface area (Å²) in [6.45, 7) is 0. The predicted molar refractivity (Wildman–Crippen MR) is 166 cm³/mol. The van der Waals surface area contributed by atoms with E-state index in [4.69, 9.17) is 9.97 Å². The van der Waals surface area contributed by atoms with Crippen molar-refractivity contribution in [3.05, 3.63) is 127 Å². The van der Waals surface area contributed by atoms with Crippen LogP contribution in [0.3, 0.4) is 0 Å². The topological polar surface area (TPSA) is 48.0 Å². The molecule has 0 saturated heterocycles. The van der Waals surface area contributed by atoms with Gasteiger partial charge in [0.1, 0.15) is 5.65 Å². The molecular weight excluding hydrogens is 502 g/mol. The Hall–Kier alpha value is -5.55. The number of imidazole rings is 1. The molecule has 5 nitrogen and oxygen atoms in total. The molecule has 0 unspecified atom stereocenters. The molecule has 0 radical (unpaired) electrons. The Balaban J connectivity index is 1.40. The molecule has 190 valence electrons. The van der Waals surface area contributed by atoms with Gasteiger partial charge in [-0.1, -0.05) is 60.7 Å². The van der Waals surface area contributed by atoms with Crippen molar-refractivity contribution in [2.45, 2.75) is 6.42 Å². The van der Waals surface area contributed by atoms with Crippen LogP contribution in [0.5, 0.6) is 0 Å². The van der Waals surface area contributed by atoms with Crippen LogP contribution < -0.4 is 0 Å². The van der Waals surface area contributed by atoms with E-state index in [1.807, 2.05) is 30.7 Å². The van der Waals surface area contributed by atoms with Crippen LogP contribution in [-0.4, -0.2) is 23.9 Å². The zero-order valence-corrected chi connectivity index (χ0v) is 21.9. The number of rotatable bonds is 1. The van der Waals surface area contributed by atoms with Gasteiger partial charge in [0.2, 0.25) is 0 Å². The Morgan fingerprint density at radius 1 is 0.659 bits per heavy atom. The number of benzene rings is 4. The van der Waals surface area contributed by atoms with Gasteiger partial charge in [-0.2, -0.15) is 0 Å². The van der Waals surface area contributed by atoms with E-state index in [9.17, 15) is 0 Å². The first kappa shape index (κ1) is 21.3. The van der Waals surface area contributed by atoms with E-state index in [0.29, 0.717) is 0 Å². The normalized spacial score (nSPS) is 12.8. The van der Waals surface area contributed by atoms with Crippen LogP contribution >= 0.6 is 0 Å². The molecule has 0 aliphatic heterocycles. The second-order valence-electron chi connectivity index (χ2n) is 10.9. The first-order valence-electron chi connectivity index (χ1n) is 13.9. The molecular formula is C36H21N5. The van der Waals surface area contributed by atoms with Crippen molar-refractivity contribution in [1.82, 2.24) is 23.9 Å². The van der Waals surface area contributed by atoms with Crippen molar-refractivity contribution < 1.29 is 0 Å². The predicted octanol–water partition coefficient (Wildman–Crippen LogP) is 8.25. The molecule has 1 aliphatic rings. The zero-order chi connectivity index (χ0) is 26.7. The average Bonchev–Trinajstić information content (AvgIpc) is 3.71. The summed E-state index contributed by atoms with van der Waals surface area (Å²) in [5, 5.41) is 4.87. The average molecular weight is 524 g/mol. The van der Waals surface area contributed by atoms with Gasteiger partial charge in [0.05, 0.1) is 39.3 Å². The highest BCUT2D eigenvalue weighted by Crippen LogP contribution is 2.48. The molecule has 10 rings (SSSR count). The van der Waals surface area contributed by atoms with E-state index in [1.54, 1.807) is 0 Å². The van der Waals surface area contributed by atoms with Crippen LogP contribution in [0, 0.1) is 0 Å². The van der Waals surface area contributed by atoms with Gasteiger partial charge in [-0.25, -0.2) is 4.98 Å². The fourth-order valence-corrected chi connectivity index (χ4v) is 7.22. The van der Waals surface area contributed by atoms with E-state index in [2.05, 4.69) is 98.9 Å². The van der Waals surface area contributed by atoms with Gasteiger partial charge >= 0.3 is 0 Å². The Bertz CT molecular complexity index is 2550. The van der Waals surface area contributed by atoms with Gasteiger partial charge in [0.15, 0.2) is 0 Å². The fraction of sp³-hybridized carbons (Fsp3) is 0.0278. The molecule has 9 aromatic rings. The second kappa shape index (κ2) is 7.55. The Morgan fingerprint density at radius 3 is 2.46 bits per heavy atom. The van der Waals surface area contributed by atoms with Crippen molar-refractivity contribution in [1.29, 1.82) is 0 Å². The van der Waals surface area contributed by atoms with Gasteiger partial charge in [0, 0.05) is 45.2 Å². The van der Waals surface area contributed by atoms with Crippen molar-refractivity contribution >= 4 is 60.3 Å². The summed E-state index contributed by atoms with van der Waals surface area (Å²) in [7, 11) is 0. The lowest BCUT2D eigenvalue weighted by Gasteiger charge is -2.13. The number of pyridine rings is 3. The summed E-state index contributed by atoms with van der Waals surface area (Å²) in [6.07, 6.45) is 6.46. The van der Waals surface area contributed by atoms with Crippen LogP contribution in [0.25, 0.3) is 77.1 Å². The molecule has 0 spiro atoms. The van der Waals surface area contributed by atoms with Crippen LogP contribution in [0.1, 0.15) is 11.1 Å².